The number of rotatable bonds is 3. The van der Waals surface area contributed by atoms with Gasteiger partial charge in [0.05, 0.1) is 22.4 Å². The van der Waals surface area contributed by atoms with Gasteiger partial charge in [0.2, 0.25) is 5.91 Å². The fraction of sp³-hybridized carbons (Fsp3) is 0.500. The number of nitrogens with zero attached hydrogens (tertiary/aromatic N) is 4. The van der Waals surface area contributed by atoms with Gasteiger partial charge in [-0.15, -0.1) is 0 Å². The average Bonchev–Trinajstić information content (AvgIpc) is 3.40. The van der Waals surface area contributed by atoms with Gasteiger partial charge in [-0.1, -0.05) is 12.1 Å². The molecule has 2 heterocycles. The zero-order chi connectivity index (χ0) is 15.8. The van der Waals surface area contributed by atoms with Gasteiger partial charge in [0.25, 0.3) is 0 Å². The molecule has 0 N–H and O–H groups in total. The van der Waals surface area contributed by atoms with E-state index in [2.05, 4.69) is 9.88 Å². The Morgan fingerprint density at radius 1 is 1.09 bits per heavy atom. The molecule has 0 bridgehead atoms. The highest BCUT2D eigenvalue weighted by atomic mass is 16.2. The molecule has 1 aliphatic heterocycles. The van der Waals surface area contributed by atoms with Gasteiger partial charge in [0.1, 0.15) is 0 Å². The lowest BCUT2D eigenvalue weighted by molar-refractivity contribution is -0.134. The number of amides is 1. The molecule has 0 atom stereocenters. The zero-order valence-corrected chi connectivity index (χ0v) is 13.5. The molecule has 120 valence electrons. The molecular formula is C18H22N4O. The van der Waals surface area contributed by atoms with Crippen molar-refractivity contribution < 1.29 is 4.79 Å². The van der Waals surface area contributed by atoms with Crippen molar-refractivity contribution in [1.29, 1.82) is 0 Å². The summed E-state index contributed by atoms with van der Waals surface area (Å²) in [6, 6.07) is 8.00. The molecule has 0 unspecified atom stereocenters. The monoisotopic (exact) mass is 310 g/mol. The summed E-state index contributed by atoms with van der Waals surface area (Å²) in [4.78, 5) is 26.0. The summed E-state index contributed by atoms with van der Waals surface area (Å²) in [5, 5.41) is 0. The van der Waals surface area contributed by atoms with E-state index >= 15 is 0 Å². The van der Waals surface area contributed by atoms with E-state index in [-0.39, 0.29) is 0 Å². The van der Waals surface area contributed by atoms with Crippen LogP contribution in [0.4, 0.5) is 0 Å². The number of hydrogen-bond donors (Lipinski definition) is 0. The molecule has 4 rings (SSSR count). The Morgan fingerprint density at radius 2 is 1.74 bits per heavy atom. The molecule has 2 aromatic rings. The highest BCUT2D eigenvalue weighted by Gasteiger charge is 2.34. The minimum Gasteiger partial charge on any atom is -0.340 e. The fourth-order valence-electron chi connectivity index (χ4n) is 3.20. The van der Waals surface area contributed by atoms with E-state index in [1.54, 1.807) is 0 Å². The second-order valence-corrected chi connectivity index (χ2v) is 6.62. The van der Waals surface area contributed by atoms with Crippen LogP contribution in [0.3, 0.4) is 0 Å². The lowest BCUT2D eigenvalue weighted by Gasteiger charge is -2.34. The average molecular weight is 310 g/mol. The quantitative estimate of drug-likeness (QED) is 0.870. The van der Waals surface area contributed by atoms with Crippen molar-refractivity contribution >= 4 is 16.9 Å². The maximum atomic E-state index is 12.1. The van der Waals surface area contributed by atoms with Crippen molar-refractivity contribution in [2.45, 2.75) is 26.3 Å². The van der Waals surface area contributed by atoms with E-state index in [1.165, 1.54) is 0 Å². The Kier molecular flexibility index (Phi) is 3.73. The van der Waals surface area contributed by atoms with Crippen LogP contribution >= 0.6 is 0 Å². The maximum Gasteiger partial charge on any atom is 0.225 e. The zero-order valence-electron chi connectivity index (χ0n) is 13.5. The second-order valence-electron chi connectivity index (χ2n) is 6.62. The number of aryl methyl sites for hydroxylation is 1. The molecule has 1 aliphatic carbocycles. The van der Waals surface area contributed by atoms with E-state index in [4.69, 9.17) is 4.98 Å². The van der Waals surface area contributed by atoms with Crippen molar-refractivity contribution in [2.24, 2.45) is 5.92 Å². The number of para-hydroxylation sites is 2. The number of piperazine rings is 1. The second kappa shape index (κ2) is 5.89. The van der Waals surface area contributed by atoms with Gasteiger partial charge in [-0.25, -0.2) is 9.97 Å². The number of benzene rings is 1. The minimum absolute atomic E-state index is 0.329. The van der Waals surface area contributed by atoms with Crippen LogP contribution in [0.25, 0.3) is 11.0 Å². The van der Waals surface area contributed by atoms with E-state index < -0.39 is 0 Å². The largest absolute Gasteiger partial charge is 0.340 e. The van der Waals surface area contributed by atoms with Gasteiger partial charge < -0.3 is 4.90 Å². The van der Waals surface area contributed by atoms with Gasteiger partial charge in [0, 0.05) is 38.6 Å². The number of aromatic nitrogens is 2. The first-order chi connectivity index (χ1) is 11.2. The maximum absolute atomic E-state index is 12.1. The Labute approximate surface area is 136 Å². The van der Waals surface area contributed by atoms with Gasteiger partial charge in [-0.05, 0) is 31.9 Å². The number of carbonyl (C=O) groups is 1. The third-order valence-electron chi connectivity index (χ3n) is 4.83. The van der Waals surface area contributed by atoms with Crippen LogP contribution in [-0.2, 0) is 11.3 Å². The SMILES string of the molecule is Cc1nc2ccccc2nc1CN1CCN(C(=O)C2CC2)CC1. The van der Waals surface area contributed by atoms with Gasteiger partial charge >= 0.3 is 0 Å². The first kappa shape index (κ1) is 14.6. The first-order valence-corrected chi connectivity index (χ1v) is 8.44. The third-order valence-corrected chi connectivity index (χ3v) is 4.83. The van der Waals surface area contributed by atoms with Crippen molar-refractivity contribution in [1.82, 2.24) is 19.8 Å². The predicted octanol–water partition coefficient (Wildman–Crippen LogP) is 1.99. The highest BCUT2D eigenvalue weighted by molar-refractivity contribution is 5.81. The topological polar surface area (TPSA) is 49.3 Å². The number of hydrogen-bond acceptors (Lipinski definition) is 4. The molecule has 0 spiro atoms. The minimum atomic E-state index is 0.329. The van der Waals surface area contributed by atoms with Crippen molar-refractivity contribution in [2.75, 3.05) is 26.2 Å². The predicted molar refractivity (Wildman–Crippen MR) is 88.9 cm³/mol. The van der Waals surface area contributed by atoms with Crippen LogP contribution in [0.5, 0.6) is 0 Å². The van der Waals surface area contributed by atoms with E-state index in [0.29, 0.717) is 11.8 Å². The van der Waals surface area contributed by atoms with Gasteiger partial charge in [0.15, 0.2) is 0 Å². The van der Waals surface area contributed by atoms with E-state index in [9.17, 15) is 4.79 Å². The molecular weight excluding hydrogens is 288 g/mol. The lowest BCUT2D eigenvalue weighted by Crippen LogP contribution is -2.48. The summed E-state index contributed by atoms with van der Waals surface area (Å²) in [6.07, 6.45) is 2.18. The third kappa shape index (κ3) is 3.06. The Morgan fingerprint density at radius 3 is 2.39 bits per heavy atom. The molecule has 23 heavy (non-hydrogen) atoms. The Hall–Kier alpha value is -2.01. The Balaban J connectivity index is 1.42. The molecule has 1 saturated heterocycles. The van der Waals surface area contributed by atoms with Crippen LogP contribution in [0.1, 0.15) is 24.2 Å². The standard InChI is InChI=1S/C18H22N4O/c1-13-17(20-16-5-3-2-4-15(16)19-13)12-21-8-10-22(11-9-21)18(23)14-6-7-14/h2-5,14H,6-12H2,1H3. The molecule has 1 aromatic heterocycles. The van der Waals surface area contributed by atoms with Crippen LogP contribution < -0.4 is 0 Å². The normalized spacial score (nSPS) is 19.3. The van der Waals surface area contributed by atoms with Crippen molar-refractivity contribution in [3.8, 4) is 0 Å². The van der Waals surface area contributed by atoms with Crippen LogP contribution in [0, 0.1) is 12.8 Å². The first-order valence-electron chi connectivity index (χ1n) is 8.44. The van der Waals surface area contributed by atoms with Crippen LogP contribution in [0.2, 0.25) is 0 Å². The molecule has 2 fully saturated rings. The highest BCUT2D eigenvalue weighted by Crippen LogP contribution is 2.31. The van der Waals surface area contributed by atoms with E-state index in [0.717, 1.165) is 68.0 Å². The smallest absolute Gasteiger partial charge is 0.225 e. The molecule has 1 saturated carbocycles. The summed E-state index contributed by atoms with van der Waals surface area (Å²) in [5.41, 5.74) is 3.95. The summed E-state index contributed by atoms with van der Waals surface area (Å²) < 4.78 is 0. The molecule has 1 amide bonds. The van der Waals surface area contributed by atoms with Gasteiger partial charge in [-0.2, -0.15) is 0 Å². The summed E-state index contributed by atoms with van der Waals surface area (Å²) in [5.74, 6) is 0.696. The van der Waals surface area contributed by atoms with Crippen LogP contribution in [0.15, 0.2) is 24.3 Å². The van der Waals surface area contributed by atoms with Crippen molar-refractivity contribution in [3.05, 3.63) is 35.7 Å². The summed E-state index contributed by atoms with van der Waals surface area (Å²) in [7, 11) is 0. The van der Waals surface area contributed by atoms with Gasteiger partial charge in [-0.3, -0.25) is 9.69 Å². The van der Waals surface area contributed by atoms with E-state index in [1.807, 2.05) is 36.1 Å². The fourth-order valence-corrected chi connectivity index (χ4v) is 3.20. The van der Waals surface area contributed by atoms with Crippen molar-refractivity contribution in [3.63, 3.8) is 0 Å². The Bertz CT molecular complexity index is 733. The molecule has 5 heteroatoms. The number of fused-ring (bicyclic) bond motifs is 1. The van der Waals surface area contributed by atoms with Crippen LogP contribution in [-0.4, -0.2) is 51.9 Å². The summed E-state index contributed by atoms with van der Waals surface area (Å²) in [6.45, 7) is 6.38. The lowest BCUT2D eigenvalue weighted by atomic mass is 10.2. The molecule has 1 aromatic carbocycles. The summed E-state index contributed by atoms with van der Waals surface area (Å²) >= 11 is 0. The number of carbonyl (C=O) groups excluding carboxylic acids is 1. The molecule has 0 radical (unpaired) electrons. The molecule has 2 aliphatic rings. The molecule has 5 nitrogen and oxygen atoms in total.